The van der Waals surface area contributed by atoms with E-state index in [0.717, 1.165) is 0 Å². The fourth-order valence-electron chi connectivity index (χ4n) is 1.34. The van der Waals surface area contributed by atoms with Crippen LogP contribution in [0, 0.1) is 5.41 Å². The molecule has 0 bridgehead atoms. The highest BCUT2D eigenvalue weighted by molar-refractivity contribution is 5.82. The van der Waals surface area contributed by atoms with Crippen molar-refractivity contribution < 1.29 is 13.2 Å². The summed E-state index contributed by atoms with van der Waals surface area (Å²) in [5, 5.41) is 0. The maximum Gasteiger partial charge on any atom is 0.396 e. The molecule has 70 valence electrons. The molecule has 0 aromatic heterocycles. The summed E-state index contributed by atoms with van der Waals surface area (Å²) < 4.78 is 37.4. The molecular weight excluding hydrogens is 169 g/mol. The third-order valence-electron chi connectivity index (χ3n) is 2.38. The molecule has 1 unspecified atom stereocenters. The second-order valence-electron chi connectivity index (χ2n) is 3.12. The zero-order chi connectivity index (χ0) is 9.41. The molecule has 0 spiro atoms. The predicted octanol–water partition coefficient (Wildman–Crippen LogP) is 1.71. The third-order valence-corrected chi connectivity index (χ3v) is 2.38. The maximum absolute atomic E-state index is 12.5. The fourth-order valence-corrected chi connectivity index (χ4v) is 1.34. The van der Waals surface area contributed by atoms with E-state index in [1.165, 1.54) is 6.92 Å². The minimum absolute atomic E-state index is 0.0424. The van der Waals surface area contributed by atoms with Crippen LogP contribution < -0.4 is 5.73 Å². The van der Waals surface area contributed by atoms with Crippen LogP contribution in [0.5, 0.6) is 0 Å². The lowest BCUT2D eigenvalue weighted by atomic mass is 9.83. The second-order valence-corrected chi connectivity index (χ2v) is 3.12. The molecule has 2 nitrogen and oxygen atoms in total. The number of nitrogens with two attached hydrogens (primary N) is 1. The van der Waals surface area contributed by atoms with Crippen molar-refractivity contribution in [3.05, 3.63) is 0 Å². The quantitative estimate of drug-likeness (QED) is 0.655. The van der Waals surface area contributed by atoms with Gasteiger partial charge in [-0.05, 0) is 6.42 Å². The van der Waals surface area contributed by atoms with Gasteiger partial charge < -0.3 is 5.73 Å². The molecular formula is C7H11F3N2. The number of hydrogen-bond acceptors (Lipinski definition) is 2. The number of hydrogen-bond donors (Lipinski definition) is 1. The first kappa shape index (κ1) is 9.35. The van der Waals surface area contributed by atoms with Gasteiger partial charge in [0.2, 0.25) is 0 Å². The number of alkyl halides is 3. The average molecular weight is 180 g/mol. The molecule has 0 amide bonds. The lowest BCUT2D eigenvalue weighted by Gasteiger charge is -2.28. The van der Waals surface area contributed by atoms with Crippen molar-refractivity contribution in [1.82, 2.24) is 0 Å². The Bertz CT molecular complexity index is 209. The largest absolute Gasteiger partial charge is 0.396 e. The first-order valence-corrected chi connectivity index (χ1v) is 3.77. The van der Waals surface area contributed by atoms with Crippen LogP contribution in [0.1, 0.15) is 19.8 Å². The maximum atomic E-state index is 12.5. The molecule has 1 aliphatic rings. The van der Waals surface area contributed by atoms with Gasteiger partial charge in [0.1, 0.15) is 0 Å². The van der Waals surface area contributed by atoms with Gasteiger partial charge in [-0.3, -0.25) is 4.99 Å². The molecule has 0 saturated heterocycles. The van der Waals surface area contributed by atoms with Gasteiger partial charge in [0.25, 0.3) is 0 Å². The molecule has 1 heterocycles. The highest BCUT2D eigenvalue weighted by atomic mass is 19.4. The summed E-state index contributed by atoms with van der Waals surface area (Å²) in [7, 11) is 0. The first-order valence-electron chi connectivity index (χ1n) is 3.77. The predicted molar refractivity (Wildman–Crippen MR) is 39.9 cm³/mol. The Kier molecular flexibility index (Phi) is 2.06. The Labute approximate surface area is 68.7 Å². The van der Waals surface area contributed by atoms with Gasteiger partial charge in [0.05, 0.1) is 17.8 Å². The van der Waals surface area contributed by atoms with Crippen LogP contribution in [0.4, 0.5) is 13.2 Å². The summed E-state index contributed by atoms with van der Waals surface area (Å²) in [5.41, 5.74) is 3.55. The van der Waals surface area contributed by atoms with Crippen molar-refractivity contribution in [1.29, 1.82) is 0 Å². The zero-order valence-electron chi connectivity index (χ0n) is 6.78. The highest BCUT2D eigenvalue weighted by Crippen LogP contribution is 2.46. The average Bonchev–Trinajstić information content (AvgIpc) is 2.31. The standard InChI is InChI=1S/C7H11F3N2/c1-2-6(7(8,9)10)3-5(11)12-4-6/h2-4H2,1H3,(H2,11,12). The summed E-state index contributed by atoms with van der Waals surface area (Å²) in [6, 6.07) is 0. The minimum Gasteiger partial charge on any atom is -0.387 e. The van der Waals surface area contributed by atoms with Crippen molar-refractivity contribution in [2.24, 2.45) is 16.1 Å². The number of nitrogens with zero attached hydrogens (tertiary/aromatic N) is 1. The van der Waals surface area contributed by atoms with Gasteiger partial charge in [-0.1, -0.05) is 6.92 Å². The van der Waals surface area contributed by atoms with Crippen LogP contribution in [-0.2, 0) is 0 Å². The summed E-state index contributed by atoms with van der Waals surface area (Å²) in [6.45, 7) is 1.31. The topological polar surface area (TPSA) is 38.4 Å². The Hall–Kier alpha value is -0.740. The minimum atomic E-state index is -4.19. The normalized spacial score (nSPS) is 30.5. The van der Waals surface area contributed by atoms with E-state index in [1.54, 1.807) is 0 Å². The van der Waals surface area contributed by atoms with Crippen LogP contribution in [0.3, 0.4) is 0 Å². The second kappa shape index (κ2) is 2.64. The molecule has 1 atom stereocenters. The molecule has 0 aliphatic carbocycles. The molecule has 0 aromatic carbocycles. The van der Waals surface area contributed by atoms with Crippen LogP contribution in [0.25, 0.3) is 0 Å². The fraction of sp³-hybridized carbons (Fsp3) is 0.857. The van der Waals surface area contributed by atoms with E-state index in [2.05, 4.69) is 4.99 Å². The van der Waals surface area contributed by atoms with E-state index in [9.17, 15) is 13.2 Å². The van der Waals surface area contributed by atoms with Crippen molar-refractivity contribution in [3.63, 3.8) is 0 Å². The molecule has 0 aromatic rings. The van der Waals surface area contributed by atoms with Crippen molar-refractivity contribution in [2.45, 2.75) is 25.9 Å². The van der Waals surface area contributed by atoms with Gasteiger partial charge in [-0.2, -0.15) is 13.2 Å². The van der Waals surface area contributed by atoms with Crippen LogP contribution in [-0.4, -0.2) is 18.6 Å². The van der Waals surface area contributed by atoms with Gasteiger partial charge in [-0.25, -0.2) is 0 Å². The van der Waals surface area contributed by atoms with Gasteiger partial charge in [0, 0.05) is 6.42 Å². The molecule has 2 N–H and O–H groups in total. The van der Waals surface area contributed by atoms with Gasteiger partial charge in [0.15, 0.2) is 0 Å². The molecule has 12 heavy (non-hydrogen) atoms. The van der Waals surface area contributed by atoms with Crippen LogP contribution >= 0.6 is 0 Å². The van der Waals surface area contributed by atoms with Crippen molar-refractivity contribution >= 4 is 5.84 Å². The Morgan fingerprint density at radius 1 is 1.58 bits per heavy atom. The van der Waals surface area contributed by atoms with Crippen LogP contribution in [0.15, 0.2) is 4.99 Å². The van der Waals surface area contributed by atoms with E-state index in [1.807, 2.05) is 0 Å². The van der Waals surface area contributed by atoms with E-state index in [-0.39, 0.29) is 25.2 Å². The van der Waals surface area contributed by atoms with E-state index in [0.29, 0.717) is 0 Å². The summed E-state index contributed by atoms with van der Waals surface area (Å²) >= 11 is 0. The molecule has 5 heteroatoms. The van der Waals surface area contributed by atoms with Crippen molar-refractivity contribution in [2.75, 3.05) is 6.54 Å². The Balaban J connectivity index is 2.82. The van der Waals surface area contributed by atoms with Gasteiger partial charge >= 0.3 is 6.18 Å². The molecule has 0 radical (unpaired) electrons. The van der Waals surface area contributed by atoms with Crippen LogP contribution in [0.2, 0.25) is 0 Å². The lowest BCUT2D eigenvalue weighted by molar-refractivity contribution is -0.216. The molecule has 0 fully saturated rings. The SMILES string of the molecule is CCC1(C(F)(F)F)CN=C(N)C1. The molecule has 0 saturated carbocycles. The van der Waals surface area contributed by atoms with E-state index < -0.39 is 11.6 Å². The Morgan fingerprint density at radius 2 is 2.17 bits per heavy atom. The number of aliphatic imine (C=N–C) groups is 1. The van der Waals surface area contributed by atoms with E-state index >= 15 is 0 Å². The van der Waals surface area contributed by atoms with Gasteiger partial charge in [-0.15, -0.1) is 0 Å². The number of rotatable bonds is 1. The summed E-state index contributed by atoms with van der Waals surface area (Å²) in [6.07, 6.45) is -4.29. The third kappa shape index (κ3) is 1.28. The smallest absolute Gasteiger partial charge is 0.387 e. The number of halogens is 3. The molecule has 1 rings (SSSR count). The molecule has 1 aliphatic heterocycles. The van der Waals surface area contributed by atoms with E-state index in [4.69, 9.17) is 5.73 Å². The monoisotopic (exact) mass is 180 g/mol. The first-order chi connectivity index (χ1) is 5.41. The lowest BCUT2D eigenvalue weighted by Crippen LogP contribution is -2.39. The number of amidine groups is 1. The van der Waals surface area contributed by atoms with Crippen molar-refractivity contribution in [3.8, 4) is 0 Å². The summed E-state index contributed by atoms with van der Waals surface area (Å²) in [5.74, 6) is 0.120. The Morgan fingerprint density at radius 3 is 2.33 bits per heavy atom. The summed E-state index contributed by atoms with van der Waals surface area (Å²) in [4.78, 5) is 3.60. The zero-order valence-corrected chi connectivity index (χ0v) is 6.78. The highest BCUT2D eigenvalue weighted by Gasteiger charge is 2.55.